The maximum atomic E-state index is 9.37. The van der Waals surface area contributed by atoms with Gasteiger partial charge in [-0.05, 0) is 40.7 Å². The van der Waals surface area contributed by atoms with Crippen LogP contribution in [0.4, 0.5) is 0 Å². The molecule has 1 saturated heterocycles. The summed E-state index contributed by atoms with van der Waals surface area (Å²) in [5, 5.41) is 12.7. The normalized spacial score (nSPS) is 27.4. The van der Waals surface area contributed by atoms with Gasteiger partial charge in [-0.2, -0.15) is 5.26 Å². The minimum absolute atomic E-state index is 0.126. The summed E-state index contributed by atoms with van der Waals surface area (Å²) < 4.78 is 5.89. The first-order valence-corrected chi connectivity index (χ1v) is 6.87. The molecule has 2 atom stereocenters. The Kier molecular flexibility index (Phi) is 5.15. The quantitative estimate of drug-likeness (QED) is 0.811. The molecule has 18 heavy (non-hydrogen) atoms. The lowest BCUT2D eigenvalue weighted by Gasteiger charge is -2.43. The van der Waals surface area contributed by atoms with E-state index in [1.54, 1.807) is 0 Å². The molecule has 0 spiro atoms. The van der Waals surface area contributed by atoms with Gasteiger partial charge in [-0.25, -0.2) is 0 Å². The van der Waals surface area contributed by atoms with Crippen LogP contribution in [0.15, 0.2) is 0 Å². The molecule has 4 nitrogen and oxygen atoms in total. The zero-order chi connectivity index (χ0) is 13.8. The Balaban J connectivity index is 2.62. The van der Waals surface area contributed by atoms with Crippen LogP contribution in [-0.4, -0.2) is 48.3 Å². The number of hydrogen-bond donors (Lipinski definition) is 1. The van der Waals surface area contributed by atoms with Gasteiger partial charge < -0.3 is 4.74 Å². The van der Waals surface area contributed by atoms with Crippen LogP contribution < -0.4 is 5.32 Å². The van der Waals surface area contributed by atoms with Gasteiger partial charge in [0.2, 0.25) is 0 Å². The maximum Gasteiger partial charge on any atom is 0.116 e. The Morgan fingerprint density at radius 3 is 2.72 bits per heavy atom. The monoisotopic (exact) mass is 253 g/mol. The van der Waals surface area contributed by atoms with Crippen molar-refractivity contribution in [1.82, 2.24) is 10.2 Å². The molecule has 0 aromatic rings. The second-order valence-electron chi connectivity index (χ2n) is 6.23. The molecule has 0 aromatic carbocycles. The topological polar surface area (TPSA) is 48.3 Å². The highest BCUT2D eigenvalue weighted by Gasteiger charge is 2.35. The molecule has 0 aliphatic carbocycles. The number of nitriles is 1. The standard InChI is InChI=1S/C14H27N3O/c1-6-7-16-14(5,9-15)11-17-8-12(2)18-13(3,4)10-17/h12,16H,6-8,10-11H2,1-5H3. The molecular formula is C14H27N3O. The van der Waals surface area contributed by atoms with Crippen molar-refractivity contribution in [3.05, 3.63) is 0 Å². The van der Waals surface area contributed by atoms with E-state index in [2.05, 4.69) is 44.0 Å². The van der Waals surface area contributed by atoms with Crippen molar-refractivity contribution in [1.29, 1.82) is 5.26 Å². The van der Waals surface area contributed by atoms with Crippen molar-refractivity contribution in [3.8, 4) is 6.07 Å². The van der Waals surface area contributed by atoms with Gasteiger partial charge >= 0.3 is 0 Å². The van der Waals surface area contributed by atoms with Crippen LogP contribution in [-0.2, 0) is 4.74 Å². The van der Waals surface area contributed by atoms with E-state index in [1.165, 1.54) is 0 Å². The molecule has 4 heteroatoms. The minimum Gasteiger partial charge on any atom is -0.370 e. The second kappa shape index (κ2) is 6.01. The van der Waals surface area contributed by atoms with Gasteiger partial charge in [0.1, 0.15) is 5.54 Å². The van der Waals surface area contributed by atoms with Crippen LogP contribution in [0.1, 0.15) is 41.0 Å². The molecule has 1 rings (SSSR count). The first kappa shape index (κ1) is 15.4. The average Bonchev–Trinajstić information content (AvgIpc) is 2.23. The first-order valence-electron chi connectivity index (χ1n) is 6.87. The van der Waals surface area contributed by atoms with Crippen molar-refractivity contribution in [2.45, 2.75) is 58.3 Å². The number of rotatable bonds is 5. The fraction of sp³-hybridized carbons (Fsp3) is 0.929. The fourth-order valence-corrected chi connectivity index (χ4v) is 2.69. The third-order valence-corrected chi connectivity index (χ3v) is 3.19. The van der Waals surface area contributed by atoms with Crippen LogP contribution in [0.25, 0.3) is 0 Å². The molecule has 0 saturated carbocycles. The van der Waals surface area contributed by atoms with Crippen molar-refractivity contribution in [2.75, 3.05) is 26.2 Å². The number of nitrogens with zero attached hydrogens (tertiary/aromatic N) is 2. The van der Waals surface area contributed by atoms with Crippen LogP contribution in [0, 0.1) is 11.3 Å². The zero-order valence-corrected chi connectivity index (χ0v) is 12.4. The van der Waals surface area contributed by atoms with E-state index in [0.717, 1.165) is 32.6 Å². The summed E-state index contributed by atoms with van der Waals surface area (Å²) in [6.45, 7) is 13.8. The van der Waals surface area contributed by atoms with Crippen molar-refractivity contribution < 1.29 is 4.74 Å². The number of hydrogen-bond acceptors (Lipinski definition) is 4. The molecule has 0 aromatic heterocycles. The average molecular weight is 253 g/mol. The van der Waals surface area contributed by atoms with Crippen LogP contribution >= 0.6 is 0 Å². The molecule has 104 valence electrons. The van der Waals surface area contributed by atoms with Crippen molar-refractivity contribution in [3.63, 3.8) is 0 Å². The highest BCUT2D eigenvalue weighted by molar-refractivity contribution is 5.06. The summed E-state index contributed by atoms with van der Waals surface area (Å²) in [4.78, 5) is 2.33. The number of nitrogens with one attached hydrogen (secondary N) is 1. The van der Waals surface area contributed by atoms with E-state index in [0.29, 0.717) is 0 Å². The maximum absolute atomic E-state index is 9.37. The summed E-state index contributed by atoms with van der Waals surface area (Å²) in [6.07, 6.45) is 1.27. The Labute approximate surface area is 111 Å². The molecule has 0 radical (unpaired) electrons. The Morgan fingerprint density at radius 2 is 2.22 bits per heavy atom. The molecule has 1 N–H and O–H groups in total. The number of ether oxygens (including phenoxy) is 1. The van der Waals surface area contributed by atoms with E-state index in [1.807, 2.05) is 6.92 Å². The van der Waals surface area contributed by atoms with Crippen LogP contribution in [0.5, 0.6) is 0 Å². The van der Waals surface area contributed by atoms with E-state index in [9.17, 15) is 5.26 Å². The third kappa shape index (κ3) is 4.56. The molecule has 2 unspecified atom stereocenters. The predicted octanol–water partition coefficient (Wildman–Crippen LogP) is 1.77. The summed E-state index contributed by atoms with van der Waals surface area (Å²) in [7, 11) is 0. The Hall–Kier alpha value is -0.630. The third-order valence-electron chi connectivity index (χ3n) is 3.19. The molecular weight excluding hydrogens is 226 g/mol. The molecule has 1 heterocycles. The largest absolute Gasteiger partial charge is 0.370 e. The predicted molar refractivity (Wildman–Crippen MR) is 73.4 cm³/mol. The van der Waals surface area contributed by atoms with Crippen molar-refractivity contribution in [2.24, 2.45) is 0 Å². The Bertz CT molecular complexity index is 311. The van der Waals surface area contributed by atoms with E-state index in [4.69, 9.17) is 4.74 Å². The smallest absolute Gasteiger partial charge is 0.116 e. The molecule has 0 bridgehead atoms. The molecule has 1 aliphatic heterocycles. The molecule has 1 fully saturated rings. The van der Waals surface area contributed by atoms with E-state index >= 15 is 0 Å². The van der Waals surface area contributed by atoms with Gasteiger partial charge in [0.15, 0.2) is 0 Å². The highest BCUT2D eigenvalue weighted by Crippen LogP contribution is 2.22. The SMILES string of the molecule is CCCNC(C)(C#N)CN1CC(C)OC(C)(C)C1. The van der Waals surface area contributed by atoms with Gasteiger partial charge in [0.05, 0.1) is 17.8 Å². The van der Waals surface area contributed by atoms with Gasteiger partial charge in [-0.15, -0.1) is 0 Å². The minimum atomic E-state index is -0.469. The summed E-state index contributed by atoms with van der Waals surface area (Å²) in [6, 6.07) is 2.41. The van der Waals surface area contributed by atoms with E-state index < -0.39 is 5.54 Å². The van der Waals surface area contributed by atoms with Gasteiger partial charge in [0.25, 0.3) is 0 Å². The zero-order valence-electron chi connectivity index (χ0n) is 12.4. The fourth-order valence-electron chi connectivity index (χ4n) is 2.69. The van der Waals surface area contributed by atoms with Crippen molar-refractivity contribution >= 4 is 0 Å². The van der Waals surface area contributed by atoms with Crippen LogP contribution in [0.3, 0.4) is 0 Å². The second-order valence-corrected chi connectivity index (χ2v) is 6.23. The number of morpholine rings is 1. The molecule has 0 amide bonds. The first-order chi connectivity index (χ1) is 8.30. The summed E-state index contributed by atoms with van der Waals surface area (Å²) in [5.41, 5.74) is -0.595. The van der Waals surface area contributed by atoms with Gasteiger partial charge in [-0.1, -0.05) is 6.92 Å². The van der Waals surface area contributed by atoms with Gasteiger partial charge in [-0.3, -0.25) is 10.2 Å². The van der Waals surface area contributed by atoms with Gasteiger partial charge in [0, 0.05) is 19.6 Å². The van der Waals surface area contributed by atoms with Crippen LogP contribution in [0.2, 0.25) is 0 Å². The summed E-state index contributed by atoms with van der Waals surface area (Å²) >= 11 is 0. The van der Waals surface area contributed by atoms with E-state index in [-0.39, 0.29) is 11.7 Å². The lowest BCUT2D eigenvalue weighted by Crippen LogP contribution is -2.58. The lowest BCUT2D eigenvalue weighted by atomic mass is 9.99. The Morgan fingerprint density at radius 1 is 1.56 bits per heavy atom. The molecule has 1 aliphatic rings. The highest BCUT2D eigenvalue weighted by atomic mass is 16.5. The lowest BCUT2D eigenvalue weighted by molar-refractivity contribution is -0.131. The summed E-state index contributed by atoms with van der Waals surface area (Å²) in [5.74, 6) is 0.